The Hall–Kier alpha value is -0.0500. The SMILES string of the molecule is C=CCC[C@@H](CC)C1=CC=C(I)CC1. The molecule has 78 valence electrons. The molecular formula is C13H19I. The van der Waals surface area contributed by atoms with Gasteiger partial charge in [-0.1, -0.05) is 30.7 Å². The van der Waals surface area contributed by atoms with Gasteiger partial charge in [-0.15, -0.1) is 6.58 Å². The maximum atomic E-state index is 3.79. The number of hydrogen-bond acceptors (Lipinski definition) is 0. The van der Waals surface area contributed by atoms with E-state index in [2.05, 4.69) is 48.2 Å². The fraction of sp³-hybridized carbons (Fsp3) is 0.538. The number of rotatable bonds is 5. The summed E-state index contributed by atoms with van der Waals surface area (Å²) in [5.41, 5.74) is 1.65. The van der Waals surface area contributed by atoms with Crippen LogP contribution in [0.3, 0.4) is 0 Å². The van der Waals surface area contributed by atoms with Crippen LogP contribution in [0, 0.1) is 5.92 Å². The first-order valence-electron chi connectivity index (χ1n) is 5.44. The average Bonchev–Trinajstić information content (AvgIpc) is 2.21. The molecule has 1 heteroatoms. The zero-order valence-electron chi connectivity index (χ0n) is 8.93. The molecule has 0 bridgehead atoms. The van der Waals surface area contributed by atoms with Gasteiger partial charge in [0.25, 0.3) is 0 Å². The molecule has 1 aliphatic carbocycles. The Bertz CT molecular complexity index is 248. The molecule has 0 N–H and O–H groups in total. The Morgan fingerprint density at radius 2 is 2.29 bits per heavy atom. The minimum absolute atomic E-state index is 0.786. The van der Waals surface area contributed by atoms with Crippen LogP contribution < -0.4 is 0 Å². The molecule has 0 radical (unpaired) electrons. The predicted octanol–water partition coefficient (Wildman–Crippen LogP) is 5.02. The summed E-state index contributed by atoms with van der Waals surface area (Å²) in [6, 6.07) is 0. The maximum Gasteiger partial charge on any atom is -0.00909 e. The highest BCUT2D eigenvalue weighted by atomic mass is 127. The van der Waals surface area contributed by atoms with Gasteiger partial charge in [0, 0.05) is 0 Å². The molecule has 0 aromatic heterocycles. The fourth-order valence-electron chi connectivity index (χ4n) is 1.94. The lowest BCUT2D eigenvalue weighted by molar-refractivity contribution is 0.528. The highest BCUT2D eigenvalue weighted by Gasteiger charge is 2.13. The summed E-state index contributed by atoms with van der Waals surface area (Å²) in [7, 11) is 0. The van der Waals surface area contributed by atoms with Gasteiger partial charge >= 0.3 is 0 Å². The van der Waals surface area contributed by atoms with Crippen LogP contribution in [0.1, 0.15) is 39.0 Å². The van der Waals surface area contributed by atoms with Gasteiger partial charge < -0.3 is 0 Å². The molecule has 0 unspecified atom stereocenters. The first kappa shape index (κ1) is 12.0. The Labute approximate surface area is 101 Å². The van der Waals surface area contributed by atoms with E-state index < -0.39 is 0 Å². The molecule has 0 saturated heterocycles. The van der Waals surface area contributed by atoms with E-state index in [9.17, 15) is 0 Å². The lowest BCUT2D eigenvalue weighted by Crippen LogP contribution is -2.05. The summed E-state index contributed by atoms with van der Waals surface area (Å²) in [4.78, 5) is 0. The minimum atomic E-state index is 0.786. The van der Waals surface area contributed by atoms with E-state index >= 15 is 0 Å². The number of hydrogen-bond donors (Lipinski definition) is 0. The summed E-state index contributed by atoms with van der Waals surface area (Å²) in [5, 5.41) is 0. The third-order valence-electron chi connectivity index (χ3n) is 2.87. The molecule has 0 spiro atoms. The predicted molar refractivity (Wildman–Crippen MR) is 72.6 cm³/mol. The molecule has 1 aliphatic rings. The van der Waals surface area contributed by atoms with E-state index in [1.54, 1.807) is 5.57 Å². The molecule has 0 heterocycles. The van der Waals surface area contributed by atoms with Crippen molar-refractivity contribution in [2.45, 2.75) is 39.0 Å². The summed E-state index contributed by atoms with van der Waals surface area (Å²) in [5.74, 6) is 0.786. The molecule has 1 atom stereocenters. The highest BCUT2D eigenvalue weighted by Crippen LogP contribution is 2.31. The number of allylic oxidation sites excluding steroid dienone is 5. The second-order valence-electron chi connectivity index (χ2n) is 3.83. The Balaban J connectivity index is 2.56. The van der Waals surface area contributed by atoms with Crippen LogP contribution in [0.15, 0.2) is 34.0 Å². The van der Waals surface area contributed by atoms with E-state index in [1.165, 1.54) is 29.3 Å². The van der Waals surface area contributed by atoms with Crippen molar-refractivity contribution in [3.05, 3.63) is 34.0 Å². The number of halogens is 1. The molecule has 0 aromatic carbocycles. The van der Waals surface area contributed by atoms with Crippen LogP contribution in [0.2, 0.25) is 0 Å². The van der Waals surface area contributed by atoms with E-state index in [-0.39, 0.29) is 0 Å². The highest BCUT2D eigenvalue weighted by molar-refractivity contribution is 14.1. The van der Waals surface area contributed by atoms with E-state index in [0.717, 1.165) is 12.3 Å². The van der Waals surface area contributed by atoms with Crippen molar-refractivity contribution in [2.75, 3.05) is 0 Å². The quantitative estimate of drug-likeness (QED) is 0.494. The zero-order chi connectivity index (χ0) is 10.4. The molecule has 1 rings (SSSR count). The van der Waals surface area contributed by atoms with Crippen molar-refractivity contribution >= 4 is 22.6 Å². The van der Waals surface area contributed by atoms with Crippen LogP contribution in [0.25, 0.3) is 0 Å². The second-order valence-corrected chi connectivity index (χ2v) is 5.21. The van der Waals surface area contributed by atoms with Crippen LogP contribution >= 0.6 is 22.6 Å². The summed E-state index contributed by atoms with van der Waals surface area (Å²) in [6.45, 7) is 6.08. The standard InChI is InChI=1S/C13H19I/c1-3-5-6-11(4-2)12-7-9-13(14)10-8-12/h3,7,9,11H,1,4-6,8,10H2,2H3/t11-/m1/s1. The lowest BCUT2D eigenvalue weighted by Gasteiger charge is -2.20. The largest absolute Gasteiger partial charge is 0.103 e. The monoisotopic (exact) mass is 302 g/mol. The van der Waals surface area contributed by atoms with Gasteiger partial charge in [-0.3, -0.25) is 0 Å². The zero-order valence-corrected chi connectivity index (χ0v) is 11.1. The first-order valence-corrected chi connectivity index (χ1v) is 6.51. The van der Waals surface area contributed by atoms with Crippen molar-refractivity contribution in [2.24, 2.45) is 5.92 Å². The first-order chi connectivity index (χ1) is 6.77. The van der Waals surface area contributed by atoms with E-state index in [4.69, 9.17) is 0 Å². The van der Waals surface area contributed by atoms with Crippen LogP contribution in [0.5, 0.6) is 0 Å². The van der Waals surface area contributed by atoms with Gasteiger partial charge in [-0.25, -0.2) is 0 Å². The van der Waals surface area contributed by atoms with E-state index in [0.29, 0.717) is 0 Å². The maximum absolute atomic E-state index is 3.79. The molecule has 14 heavy (non-hydrogen) atoms. The van der Waals surface area contributed by atoms with Crippen LogP contribution in [-0.4, -0.2) is 0 Å². The molecule has 0 aromatic rings. The molecule has 0 amide bonds. The molecule has 0 fully saturated rings. The lowest BCUT2D eigenvalue weighted by atomic mass is 9.87. The normalized spacial score (nSPS) is 18.4. The van der Waals surface area contributed by atoms with Crippen LogP contribution in [-0.2, 0) is 0 Å². The third kappa shape index (κ3) is 3.60. The summed E-state index contributed by atoms with van der Waals surface area (Å²) in [6.07, 6.45) is 12.8. The Morgan fingerprint density at radius 1 is 1.50 bits per heavy atom. The Morgan fingerprint density at radius 3 is 2.79 bits per heavy atom. The summed E-state index contributed by atoms with van der Waals surface area (Å²) >= 11 is 2.43. The average molecular weight is 302 g/mol. The van der Waals surface area contributed by atoms with Crippen molar-refractivity contribution < 1.29 is 0 Å². The van der Waals surface area contributed by atoms with Gasteiger partial charge in [0.15, 0.2) is 0 Å². The molecular weight excluding hydrogens is 283 g/mol. The van der Waals surface area contributed by atoms with Gasteiger partial charge in [-0.05, 0) is 64.2 Å². The topological polar surface area (TPSA) is 0 Å². The smallest absolute Gasteiger partial charge is 0.00909 e. The Kier molecular flexibility index (Phi) is 5.53. The van der Waals surface area contributed by atoms with Gasteiger partial charge in [0.1, 0.15) is 0 Å². The van der Waals surface area contributed by atoms with Crippen LogP contribution in [0.4, 0.5) is 0 Å². The second kappa shape index (κ2) is 6.44. The fourth-order valence-corrected chi connectivity index (χ4v) is 2.39. The third-order valence-corrected chi connectivity index (χ3v) is 3.77. The van der Waals surface area contributed by atoms with Crippen molar-refractivity contribution in [1.82, 2.24) is 0 Å². The molecule has 0 nitrogen and oxygen atoms in total. The van der Waals surface area contributed by atoms with Crippen molar-refractivity contribution in [3.8, 4) is 0 Å². The van der Waals surface area contributed by atoms with Gasteiger partial charge in [0.2, 0.25) is 0 Å². The minimum Gasteiger partial charge on any atom is -0.103 e. The molecule has 0 aliphatic heterocycles. The van der Waals surface area contributed by atoms with Gasteiger partial charge in [0.05, 0.1) is 0 Å². The van der Waals surface area contributed by atoms with Gasteiger partial charge in [-0.2, -0.15) is 0 Å². The van der Waals surface area contributed by atoms with E-state index in [1.807, 2.05) is 6.08 Å². The summed E-state index contributed by atoms with van der Waals surface area (Å²) < 4.78 is 1.49. The molecule has 0 saturated carbocycles. The van der Waals surface area contributed by atoms with Crippen molar-refractivity contribution in [3.63, 3.8) is 0 Å². The van der Waals surface area contributed by atoms with Crippen molar-refractivity contribution in [1.29, 1.82) is 0 Å².